The Morgan fingerprint density at radius 3 is 2.47 bits per heavy atom. The van der Waals surface area contributed by atoms with E-state index in [2.05, 4.69) is 31.0 Å². The number of nitrogens with one attached hydrogen (secondary N) is 1. The molecule has 2 unspecified atom stereocenters. The fourth-order valence-corrected chi connectivity index (χ4v) is 4.56. The molecule has 3 rings (SSSR count). The van der Waals surface area contributed by atoms with E-state index in [-0.39, 0.29) is 0 Å². The number of fused-ring (bicyclic) bond motifs is 2. The van der Waals surface area contributed by atoms with Gasteiger partial charge in [-0.15, -0.1) is 11.3 Å². The second-order valence-electron chi connectivity index (χ2n) is 6.08. The number of aromatic nitrogens is 1. The molecule has 2 atom stereocenters. The molecule has 2 aliphatic rings. The van der Waals surface area contributed by atoms with Crippen LogP contribution in [0.1, 0.15) is 48.2 Å². The minimum Gasteiger partial charge on any atom is -0.311 e. The largest absolute Gasteiger partial charge is 0.311 e. The van der Waals surface area contributed by atoms with E-state index in [1.54, 1.807) is 0 Å². The molecule has 2 saturated heterocycles. The van der Waals surface area contributed by atoms with Crippen LogP contribution in [0.2, 0.25) is 0 Å². The van der Waals surface area contributed by atoms with Crippen molar-refractivity contribution < 1.29 is 0 Å². The number of thiazole rings is 1. The maximum absolute atomic E-state index is 4.71. The number of rotatable bonds is 4. The minimum atomic E-state index is 0.758. The van der Waals surface area contributed by atoms with Crippen molar-refractivity contribution >= 4 is 11.3 Å². The first kappa shape index (κ1) is 13.5. The second kappa shape index (κ2) is 5.51. The van der Waals surface area contributed by atoms with E-state index in [1.165, 1.54) is 41.3 Å². The quantitative estimate of drug-likeness (QED) is 0.918. The van der Waals surface area contributed by atoms with E-state index in [4.69, 9.17) is 4.98 Å². The van der Waals surface area contributed by atoms with Crippen LogP contribution in [0.5, 0.6) is 0 Å². The van der Waals surface area contributed by atoms with Crippen molar-refractivity contribution in [3.8, 4) is 0 Å². The fourth-order valence-electron chi connectivity index (χ4n) is 3.61. The highest BCUT2D eigenvalue weighted by Gasteiger charge is 2.35. The van der Waals surface area contributed by atoms with Gasteiger partial charge in [0.05, 0.1) is 12.2 Å². The zero-order valence-corrected chi connectivity index (χ0v) is 13.1. The molecule has 0 saturated carbocycles. The molecule has 19 heavy (non-hydrogen) atoms. The van der Waals surface area contributed by atoms with E-state index >= 15 is 0 Å². The van der Waals surface area contributed by atoms with Crippen molar-refractivity contribution in [3.63, 3.8) is 0 Å². The van der Waals surface area contributed by atoms with Gasteiger partial charge in [0.1, 0.15) is 5.01 Å². The molecule has 3 nitrogen and oxygen atoms in total. The summed E-state index contributed by atoms with van der Waals surface area (Å²) in [5, 5.41) is 5.03. The van der Waals surface area contributed by atoms with E-state index in [9.17, 15) is 0 Å². The molecule has 2 bridgehead atoms. The average molecular weight is 279 g/mol. The zero-order valence-electron chi connectivity index (χ0n) is 12.3. The van der Waals surface area contributed by atoms with Gasteiger partial charge in [-0.05, 0) is 46.1 Å². The van der Waals surface area contributed by atoms with Crippen LogP contribution in [-0.4, -0.2) is 34.6 Å². The lowest BCUT2D eigenvalue weighted by atomic mass is 9.98. The summed E-state index contributed by atoms with van der Waals surface area (Å²) in [4.78, 5) is 8.72. The number of aryl methyl sites for hydroxylation is 2. The van der Waals surface area contributed by atoms with Crippen LogP contribution < -0.4 is 5.32 Å². The summed E-state index contributed by atoms with van der Waals surface area (Å²) in [6.07, 6.45) is 5.42. The van der Waals surface area contributed by atoms with Crippen LogP contribution in [0.25, 0.3) is 0 Å². The molecule has 106 valence electrons. The molecule has 4 heteroatoms. The average Bonchev–Trinajstić information content (AvgIpc) is 2.89. The molecule has 0 aliphatic carbocycles. The van der Waals surface area contributed by atoms with Gasteiger partial charge in [0.25, 0.3) is 0 Å². The van der Waals surface area contributed by atoms with Crippen LogP contribution in [0.3, 0.4) is 0 Å². The van der Waals surface area contributed by atoms with Gasteiger partial charge in [0, 0.05) is 23.0 Å². The van der Waals surface area contributed by atoms with Gasteiger partial charge in [-0.2, -0.15) is 0 Å². The van der Waals surface area contributed by atoms with Gasteiger partial charge >= 0.3 is 0 Å². The Morgan fingerprint density at radius 1 is 1.26 bits per heavy atom. The molecule has 3 heterocycles. The van der Waals surface area contributed by atoms with Crippen molar-refractivity contribution in [2.45, 2.75) is 71.1 Å². The fraction of sp³-hybridized carbons (Fsp3) is 0.800. The smallest absolute Gasteiger partial charge is 0.107 e. The molecule has 1 N–H and O–H groups in total. The monoisotopic (exact) mass is 279 g/mol. The summed E-state index contributed by atoms with van der Waals surface area (Å²) in [6.45, 7) is 8.77. The number of hydrogen-bond acceptors (Lipinski definition) is 4. The molecule has 1 aromatic heterocycles. The molecule has 0 radical (unpaired) electrons. The van der Waals surface area contributed by atoms with Gasteiger partial charge in [-0.3, -0.25) is 4.90 Å². The first-order valence-electron chi connectivity index (χ1n) is 7.58. The van der Waals surface area contributed by atoms with Crippen LogP contribution in [0.15, 0.2) is 0 Å². The molecule has 0 spiro atoms. The number of piperidine rings is 1. The summed E-state index contributed by atoms with van der Waals surface area (Å²) in [6, 6.07) is 2.31. The normalized spacial score (nSPS) is 30.2. The minimum absolute atomic E-state index is 0.758. The van der Waals surface area contributed by atoms with Gasteiger partial charge in [-0.1, -0.05) is 6.92 Å². The Labute approximate surface area is 120 Å². The molecule has 0 aromatic carbocycles. The van der Waals surface area contributed by atoms with E-state index in [0.29, 0.717) is 0 Å². The predicted octanol–water partition coefficient (Wildman–Crippen LogP) is 2.86. The highest BCUT2D eigenvalue weighted by Crippen LogP contribution is 2.31. The molecule has 2 fully saturated rings. The molecule has 2 aliphatic heterocycles. The van der Waals surface area contributed by atoms with Gasteiger partial charge in [0.2, 0.25) is 0 Å². The Balaban J connectivity index is 1.67. The van der Waals surface area contributed by atoms with E-state index in [0.717, 1.165) is 31.2 Å². The Morgan fingerprint density at radius 2 is 1.95 bits per heavy atom. The van der Waals surface area contributed by atoms with Crippen LogP contribution in [0.4, 0.5) is 0 Å². The van der Waals surface area contributed by atoms with Gasteiger partial charge in [-0.25, -0.2) is 4.98 Å². The molecule has 1 aromatic rings. The zero-order chi connectivity index (χ0) is 13.4. The summed E-state index contributed by atoms with van der Waals surface area (Å²) < 4.78 is 0. The van der Waals surface area contributed by atoms with Crippen LogP contribution >= 0.6 is 11.3 Å². The third-order valence-electron chi connectivity index (χ3n) is 4.78. The van der Waals surface area contributed by atoms with Gasteiger partial charge in [0.15, 0.2) is 0 Å². The topological polar surface area (TPSA) is 28.2 Å². The summed E-state index contributed by atoms with van der Waals surface area (Å²) in [7, 11) is 0. The lowest BCUT2D eigenvalue weighted by Crippen LogP contribution is -2.47. The van der Waals surface area contributed by atoms with E-state index in [1.807, 2.05) is 11.3 Å². The van der Waals surface area contributed by atoms with Crippen LogP contribution in [-0.2, 0) is 6.54 Å². The predicted molar refractivity (Wildman–Crippen MR) is 80.6 cm³/mol. The van der Waals surface area contributed by atoms with Crippen molar-refractivity contribution in [2.75, 3.05) is 6.54 Å². The number of nitrogens with zero attached hydrogens (tertiary/aromatic N) is 2. The first-order valence-corrected chi connectivity index (χ1v) is 8.40. The SMILES string of the molecule is CCN(Cc1nc(C)c(C)s1)C1CC2CCC(C1)N2. The maximum atomic E-state index is 4.71. The van der Waals surface area contributed by atoms with Crippen LogP contribution in [0, 0.1) is 13.8 Å². The standard InChI is InChI=1S/C15H25N3S/c1-4-18(9-15-16-10(2)11(3)19-15)14-7-12-5-6-13(8-14)17-12/h12-14,17H,4-9H2,1-3H3. The molecule has 0 amide bonds. The second-order valence-corrected chi connectivity index (χ2v) is 7.36. The van der Waals surface area contributed by atoms with Crippen molar-refractivity contribution in [1.29, 1.82) is 0 Å². The van der Waals surface area contributed by atoms with Gasteiger partial charge < -0.3 is 5.32 Å². The van der Waals surface area contributed by atoms with Crippen molar-refractivity contribution in [2.24, 2.45) is 0 Å². The van der Waals surface area contributed by atoms with E-state index < -0.39 is 0 Å². The van der Waals surface area contributed by atoms with Crippen molar-refractivity contribution in [1.82, 2.24) is 15.2 Å². The highest BCUT2D eigenvalue weighted by atomic mass is 32.1. The highest BCUT2D eigenvalue weighted by molar-refractivity contribution is 7.11. The Kier molecular flexibility index (Phi) is 3.92. The molecular weight excluding hydrogens is 254 g/mol. The summed E-state index contributed by atoms with van der Waals surface area (Å²) in [5.41, 5.74) is 1.21. The van der Waals surface area contributed by atoms with Crippen molar-refractivity contribution in [3.05, 3.63) is 15.6 Å². The molecular formula is C15H25N3S. The Bertz CT molecular complexity index is 411. The Hall–Kier alpha value is -0.450. The number of hydrogen-bond donors (Lipinski definition) is 1. The maximum Gasteiger partial charge on any atom is 0.107 e. The summed E-state index contributed by atoms with van der Waals surface area (Å²) >= 11 is 1.87. The lowest BCUT2D eigenvalue weighted by molar-refractivity contribution is 0.140. The third kappa shape index (κ3) is 2.86. The third-order valence-corrected chi connectivity index (χ3v) is 5.84. The first-order chi connectivity index (χ1) is 9.15. The summed E-state index contributed by atoms with van der Waals surface area (Å²) in [5.74, 6) is 0. The lowest BCUT2D eigenvalue weighted by Gasteiger charge is -2.36.